The largest absolute Gasteiger partial charge is 0.374 e. The molecule has 5 atom stereocenters. The first-order valence-electron chi connectivity index (χ1n) is 13.6. The van der Waals surface area contributed by atoms with Crippen LogP contribution in [-0.2, 0) is 50.1 Å². The van der Waals surface area contributed by atoms with Gasteiger partial charge in [-0.3, -0.25) is 0 Å². The topological polar surface area (TPSA) is 46.2 Å². The molecule has 0 amide bonds. The number of alkyl halides is 1. The molecule has 0 spiro atoms. The molecule has 1 saturated heterocycles. The Morgan fingerprint density at radius 3 is 1.30 bits per heavy atom. The fourth-order valence-corrected chi connectivity index (χ4v) is 5.08. The van der Waals surface area contributed by atoms with Crippen molar-refractivity contribution in [2.45, 2.75) is 56.4 Å². The van der Waals surface area contributed by atoms with Crippen LogP contribution < -0.4 is 0 Å². The summed E-state index contributed by atoms with van der Waals surface area (Å²) in [6.07, 6.45) is -1.98. The first-order valence-corrected chi connectivity index (χ1v) is 14.1. The molecule has 1 heterocycles. The lowest BCUT2D eigenvalue weighted by atomic mass is 9.99. The van der Waals surface area contributed by atoms with E-state index in [0.29, 0.717) is 33.0 Å². The van der Waals surface area contributed by atoms with E-state index >= 15 is 0 Å². The van der Waals surface area contributed by atoms with Crippen LogP contribution in [0.2, 0.25) is 0 Å². The van der Waals surface area contributed by atoms with Gasteiger partial charge in [-0.25, -0.2) is 0 Å². The van der Waals surface area contributed by atoms with Gasteiger partial charge in [0.25, 0.3) is 0 Å². The molecule has 1 fully saturated rings. The van der Waals surface area contributed by atoms with Gasteiger partial charge in [-0.15, -0.1) is 0 Å². The molecule has 1 aliphatic rings. The molecular weight excluding hydrogens is 524 g/mol. The van der Waals surface area contributed by atoms with Crippen LogP contribution in [0.4, 0.5) is 0 Å². The van der Waals surface area contributed by atoms with Gasteiger partial charge in [0.15, 0.2) is 5.56 Å². The van der Waals surface area contributed by atoms with Gasteiger partial charge in [0.1, 0.15) is 24.4 Å². The van der Waals surface area contributed by atoms with Crippen molar-refractivity contribution in [3.8, 4) is 0 Å². The normalized spacial score (nSPS) is 22.7. The summed E-state index contributed by atoms with van der Waals surface area (Å²) in [4.78, 5) is 0. The summed E-state index contributed by atoms with van der Waals surface area (Å²) in [5, 5.41) is 0. The second kappa shape index (κ2) is 15.1. The Morgan fingerprint density at radius 1 is 0.475 bits per heavy atom. The molecule has 0 bridgehead atoms. The molecule has 5 nitrogen and oxygen atoms in total. The maximum absolute atomic E-state index is 6.86. The minimum atomic E-state index is -0.744. The van der Waals surface area contributed by atoms with Crippen molar-refractivity contribution in [3.05, 3.63) is 144 Å². The maximum atomic E-state index is 6.86. The number of hydrogen-bond donors (Lipinski definition) is 0. The quantitative estimate of drug-likeness (QED) is 0.167. The third kappa shape index (κ3) is 8.24. The SMILES string of the molecule is Cl[C@@H]1O[C@H](COCc2ccccc2)[C@H](OCc2ccccc2)[C@H](OCc2ccccc2)[C@H]1OCc1ccccc1. The lowest BCUT2D eigenvalue weighted by molar-refractivity contribution is -0.256. The maximum Gasteiger partial charge on any atom is 0.160 e. The molecule has 208 valence electrons. The van der Waals surface area contributed by atoms with Crippen LogP contribution in [0.5, 0.6) is 0 Å². The van der Waals surface area contributed by atoms with Gasteiger partial charge >= 0.3 is 0 Å². The van der Waals surface area contributed by atoms with Gasteiger partial charge in [-0.2, -0.15) is 0 Å². The molecule has 5 rings (SSSR count). The molecule has 0 radical (unpaired) electrons. The first kappa shape index (κ1) is 28.5. The molecule has 0 aliphatic carbocycles. The standard InChI is InChI=1S/C34H35ClO5/c35-34-33(39-24-29-19-11-4-12-20-29)32(38-23-28-17-9-3-10-18-28)31(37-22-27-15-7-2-8-16-27)30(40-34)25-36-21-26-13-5-1-6-14-26/h1-20,30-34H,21-25H2/t30-,31+,32+,33-,34-/m1/s1. The zero-order valence-corrected chi connectivity index (χ0v) is 23.1. The van der Waals surface area contributed by atoms with Crippen LogP contribution in [0.15, 0.2) is 121 Å². The molecule has 0 aromatic heterocycles. The lowest BCUT2D eigenvalue weighted by Crippen LogP contribution is -2.59. The first-order chi connectivity index (χ1) is 19.8. The third-order valence-corrected chi connectivity index (χ3v) is 7.18. The highest BCUT2D eigenvalue weighted by Crippen LogP contribution is 2.32. The molecule has 40 heavy (non-hydrogen) atoms. The van der Waals surface area contributed by atoms with Gasteiger partial charge in [-0.05, 0) is 22.3 Å². The molecule has 4 aromatic rings. The summed E-state index contributed by atoms with van der Waals surface area (Å²) in [7, 11) is 0. The van der Waals surface area contributed by atoms with Gasteiger partial charge < -0.3 is 23.7 Å². The number of halogens is 1. The van der Waals surface area contributed by atoms with Crippen molar-refractivity contribution in [1.82, 2.24) is 0 Å². The van der Waals surface area contributed by atoms with Gasteiger partial charge in [0.05, 0.1) is 33.0 Å². The summed E-state index contributed by atoms with van der Waals surface area (Å²) in [5.74, 6) is 0. The van der Waals surface area contributed by atoms with Gasteiger partial charge in [0.2, 0.25) is 0 Å². The molecule has 0 unspecified atom stereocenters. The number of rotatable bonds is 13. The Bertz CT molecular complexity index is 1240. The second-order valence-corrected chi connectivity index (χ2v) is 10.2. The highest BCUT2D eigenvalue weighted by Gasteiger charge is 2.47. The van der Waals surface area contributed by atoms with Crippen molar-refractivity contribution in [2.24, 2.45) is 0 Å². The van der Waals surface area contributed by atoms with Crippen molar-refractivity contribution in [1.29, 1.82) is 0 Å². The summed E-state index contributed by atoms with van der Waals surface area (Å²) in [6, 6.07) is 40.2. The predicted molar refractivity (Wildman–Crippen MR) is 156 cm³/mol. The number of hydrogen-bond acceptors (Lipinski definition) is 5. The Balaban J connectivity index is 1.36. The highest BCUT2D eigenvalue weighted by molar-refractivity contribution is 6.20. The number of benzene rings is 4. The van der Waals surface area contributed by atoms with Crippen molar-refractivity contribution < 1.29 is 23.7 Å². The second-order valence-electron chi connectivity index (χ2n) is 9.81. The monoisotopic (exact) mass is 558 g/mol. The molecule has 6 heteroatoms. The lowest BCUT2D eigenvalue weighted by Gasteiger charge is -2.44. The third-order valence-electron chi connectivity index (χ3n) is 6.83. The Kier molecular flexibility index (Phi) is 10.8. The summed E-state index contributed by atoms with van der Waals surface area (Å²) < 4.78 is 31.9. The number of ether oxygens (including phenoxy) is 5. The van der Waals surface area contributed by atoms with Gasteiger partial charge in [0, 0.05) is 0 Å². The Hall–Kier alpha value is -3.03. The average Bonchev–Trinajstić information content (AvgIpc) is 3.01. The van der Waals surface area contributed by atoms with Crippen LogP contribution >= 0.6 is 11.6 Å². The Morgan fingerprint density at radius 2 is 0.850 bits per heavy atom. The van der Waals surface area contributed by atoms with Crippen molar-refractivity contribution in [3.63, 3.8) is 0 Å². The van der Waals surface area contributed by atoms with Crippen molar-refractivity contribution in [2.75, 3.05) is 6.61 Å². The van der Waals surface area contributed by atoms with Crippen LogP contribution in [0.1, 0.15) is 22.3 Å². The molecule has 1 aliphatic heterocycles. The average molecular weight is 559 g/mol. The Labute approximate surface area is 241 Å². The fourth-order valence-electron chi connectivity index (χ4n) is 4.73. The van der Waals surface area contributed by atoms with Crippen LogP contribution in [-0.4, -0.2) is 36.6 Å². The fraction of sp³-hybridized carbons (Fsp3) is 0.294. The van der Waals surface area contributed by atoms with E-state index in [2.05, 4.69) is 0 Å². The molecule has 0 saturated carbocycles. The van der Waals surface area contributed by atoms with Crippen molar-refractivity contribution >= 4 is 11.6 Å². The zero-order valence-electron chi connectivity index (χ0n) is 22.4. The predicted octanol–water partition coefficient (Wildman–Crippen LogP) is 6.92. The highest BCUT2D eigenvalue weighted by atomic mass is 35.5. The van der Waals surface area contributed by atoms with Crippen LogP contribution in [0.25, 0.3) is 0 Å². The van der Waals surface area contributed by atoms with E-state index in [1.807, 2.05) is 121 Å². The molecule has 0 N–H and O–H groups in total. The van der Waals surface area contributed by atoms with E-state index < -0.39 is 30.0 Å². The van der Waals surface area contributed by atoms with E-state index in [-0.39, 0.29) is 0 Å². The minimum Gasteiger partial charge on any atom is -0.374 e. The summed E-state index contributed by atoms with van der Waals surface area (Å²) in [5.41, 5.74) is 3.50. The van der Waals surface area contributed by atoms with Gasteiger partial charge in [-0.1, -0.05) is 133 Å². The smallest absolute Gasteiger partial charge is 0.160 e. The van der Waals surface area contributed by atoms with Crippen LogP contribution in [0, 0.1) is 0 Å². The zero-order chi connectivity index (χ0) is 27.4. The van der Waals surface area contributed by atoms with E-state index in [1.165, 1.54) is 0 Å². The molecule has 4 aromatic carbocycles. The van der Waals surface area contributed by atoms with Crippen LogP contribution in [0.3, 0.4) is 0 Å². The summed E-state index contributed by atoms with van der Waals surface area (Å²) >= 11 is 6.86. The molecular formula is C34H35ClO5. The van der Waals surface area contributed by atoms with E-state index in [1.54, 1.807) is 0 Å². The minimum absolute atomic E-state index is 0.300. The summed E-state index contributed by atoms with van der Waals surface area (Å²) in [6.45, 7) is 1.93. The van der Waals surface area contributed by atoms with E-state index in [9.17, 15) is 0 Å². The van der Waals surface area contributed by atoms with E-state index in [0.717, 1.165) is 22.3 Å². The van der Waals surface area contributed by atoms with E-state index in [4.69, 9.17) is 35.3 Å².